The van der Waals surface area contributed by atoms with Crippen molar-refractivity contribution in [1.82, 2.24) is 0 Å². The van der Waals surface area contributed by atoms with Gasteiger partial charge in [-0.25, -0.2) is 4.79 Å². The molecule has 0 aromatic heterocycles. The molecule has 2 N–H and O–H groups in total. The van der Waals surface area contributed by atoms with Gasteiger partial charge >= 0.3 is 6.03 Å². The first-order valence-electron chi connectivity index (χ1n) is 6.19. The number of nitro benzene ring substituents is 1. The zero-order chi connectivity index (χ0) is 16.1. The number of hydrogen-bond donors (Lipinski definition) is 3. The fraction of sp³-hybridized carbons (Fsp3) is 0.0714. The van der Waals surface area contributed by atoms with Gasteiger partial charge in [0.2, 0.25) is 0 Å². The highest BCUT2D eigenvalue weighted by Gasteiger charge is 2.13. The smallest absolute Gasteiger partial charge is 0.323 e. The number of nitro groups is 1. The molecule has 0 radical (unpaired) electrons. The van der Waals surface area contributed by atoms with E-state index >= 15 is 0 Å². The van der Waals surface area contributed by atoms with E-state index in [1.165, 1.54) is 25.3 Å². The lowest BCUT2D eigenvalue weighted by Crippen LogP contribution is -2.20. The summed E-state index contributed by atoms with van der Waals surface area (Å²) in [5.41, 5.74) is 0.745. The molecular weight excluding hydrogens is 306 g/mol. The molecule has 0 saturated heterocycles. The van der Waals surface area contributed by atoms with Crippen LogP contribution in [0.2, 0.25) is 0 Å². The molecule has 8 heteroatoms. The van der Waals surface area contributed by atoms with Gasteiger partial charge in [0.25, 0.3) is 5.69 Å². The van der Waals surface area contributed by atoms with Gasteiger partial charge in [0.15, 0.2) is 0 Å². The van der Waals surface area contributed by atoms with Crippen molar-refractivity contribution in [2.75, 3.05) is 17.7 Å². The number of methoxy groups -OCH3 is 1. The Morgan fingerprint density at radius 2 is 1.86 bits per heavy atom. The Morgan fingerprint density at radius 3 is 2.50 bits per heavy atom. The minimum Gasteiger partial charge on any atom is -0.494 e. The molecule has 2 rings (SSSR count). The number of carbonyl (C=O) groups is 1. The Kier molecular flexibility index (Phi) is 4.84. The van der Waals surface area contributed by atoms with E-state index in [1.807, 2.05) is 0 Å². The summed E-state index contributed by atoms with van der Waals surface area (Å²) in [6.07, 6.45) is 0. The van der Waals surface area contributed by atoms with Gasteiger partial charge in [0, 0.05) is 11.0 Å². The van der Waals surface area contributed by atoms with Crippen LogP contribution in [0.4, 0.5) is 21.9 Å². The monoisotopic (exact) mass is 319 g/mol. The Labute approximate surface area is 131 Å². The van der Waals surface area contributed by atoms with Gasteiger partial charge in [-0.3, -0.25) is 10.1 Å². The SMILES string of the molecule is COc1cc([N+](=O)[O-])ccc1NC(=O)Nc1ccccc1S. The highest BCUT2D eigenvalue weighted by atomic mass is 32.1. The Balaban J connectivity index is 2.15. The lowest BCUT2D eigenvalue weighted by atomic mass is 10.2. The number of rotatable bonds is 4. The second-order valence-electron chi connectivity index (χ2n) is 4.24. The van der Waals surface area contributed by atoms with E-state index in [4.69, 9.17) is 4.74 Å². The molecule has 22 heavy (non-hydrogen) atoms. The number of ether oxygens (including phenoxy) is 1. The standard InChI is InChI=1S/C14H13N3O4S/c1-21-12-8-9(17(19)20)6-7-10(12)15-14(18)16-11-4-2-3-5-13(11)22/h2-8,22H,1H3,(H2,15,16,18). The molecule has 0 aliphatic carbocycles. The van der Waals surface area contributed by atoms with Crippen molar-refractivity contribution < 1.29 is 14.5 Å². The minimum absolute atomic E-state index is 0.122. The Hall–Kier alpha value is -2.74. The summed E-state index contributed by atoms with van der Waals surface area (Å²) in [5.74, 6) is 0.198. The molecule has 0 atom stereocenters. The van der Waals surface area contributed by atoms with Crippen LogP contribution in [0, 0.1) is 10.1 Å². The van der Waals surface area contributed by atoms with E-state index in [1.54, 1.807) is 24.3 Å². The van der Waals surface area contributed by atoms with Crippen LogP contribution < -0.4 is 15.4 Å². The highest BCUT2D eigenvalue weighted by Crippen LogP contribution is 2.29. The average Bonchev–Trinajstić information content (AvgIpc) is 2.49. The topological polar surface area (TPSA) is 93.5 Å². The summed E-state index contributed by atoms with van der Waals surface area (Å²) in [6.45, 7) is 0. The van der Waals surface area contributed by atoms with Crippen molar-refractivity contribution >= 4 is 35.7 Å². The average molecular weight is 319 g/mol. The fourth-order valence-electron chi connectivity index (χ4n) is 1.75. The van der Waals surface area contributed by atoms with Crippen LogP contribution in [0.1, 0.15) is 0 Å². The van der Waals surface area contributed by atoms with Gasteiger partial charge in [-0.15, -0.1) is 12.6 Å². The fourth-order valence-corrected chi connectivity index (χ4v) is 1.97. The first-order chi connectivity index (χ1) is 10.5. The second-order valence-corrected chi connectivity index (χ2v) is 4.72. The molecule has 0 aliphatic heterocycles. The molecule has 0 bridgehead atoms. The molecule has 2 aromatic carbocycles. The lowest BCUT2D eigenvalue weighted by Gasteiger charge is -2.12. The number of nitrogens with zero attached hydrogens (tertiary/aromatic N) is 1. The Morgan fingerprint density at radius 1 is 1.18 bits per heavy atom. The summed E-state index contributed by atoms with van der Waals surface area (Å²) in [7, 11) is 1.37. The van der Waals surface area contributed by atoms with E-state index in [-0.39, 0.29) is 11.4 Å². The van der Waals surface area contributed by atoms with Gasteiger partial charge in [-0.2, -0.15) is 0 Å². The second kappa shape index (κ2) is 6.81. The van der Waals surface area contributed by atoms with Gasteiger partial charge in [0.1, 0.15) is 5.75 Å². The maximum Gasteiger partial charge on any atom is 0.323 e. The van der Waals surface area contributed by atoms with Crippen molar-refractivity contribution in [2.24, 2.45) is 0 Å². The molecule has 0 spiro atoms. The number of hydrogen-bond acceptors (Lipinski definition) is 5. The van der Waals surface area contributed by atoms with Crippen LogP contribution in [0.15, 0.2) is 47.4 Å². The van der Waals surface area contributed by atoms with Crippen molar-refractivity contribution in [3.8, 4) is 5.75 Å². The van der Waals surface area contributed by atoms with Crippen LogP contribution in [0.5, 0.6) is 5.75 Å². The third-order valence-corrected chi connectivity index (χ3v) is 3.19. The van der Waals surface area contributed by atoms with Gasteiger partial charge in [-0.1, -0.05) is 12.1 Å². The molecule has 7 nitrogen and oxygen atoms in total. The van der Waals surface area contributed by atoms with Crippen molar-refractivity contribution in [3.05, 3.63) is 52.6 Å². The molecule has 2 aromatic rings. The first kappa shape index (κ1) is 15.6. The molecule has 0 fully saturated rings. The van der Waals surface area contributed by atoms with Crippen molar-refractivity contribution in [1.29, 1.82) is 0 Å². The molecule has 0 saturated carbocycles. The number of urea groups is 1. The molecule has 0 aliphatic rings. The number of amides is 2. The summed E-state index contributed by atoms with van der Waals surface area (Å²) in [4.78, 5) is 22.8. The number of carbonyl (C=O) groups excluding carboxylic acids is 1. The van der Waals surface area contributed by atoms with Crippen molar-refractivity contribution in [3.63, 3.8) is 0 Å². The molecular formula is C14H13N3O4S. The Bertz CT molecular complexity index is 721. The summed E-state index contributed by atoms with van der Waals surface area (Å²) >= 11 is 4.23. The normalized spacial score (nSPS) is 9.91. The van der Waals surface area contributed by atoms with Crippen LogP contribution >= 0.6 is 12.6 Å². The minimum atomic E-state index is -0.538. The number of nitrogens with one attached hydrogen (secondary N) is 2. The van der Waals surface area contributed by atoms with E-state index < -0.39 is 11.0 Å². The quantitative estimate of drug-likeness (QED) is 0.456. The van der Waals surface area contributed by atoms with Gasteiger partial charge in [0.05, 0.1) is 29.5 Å². The summed E-state index contributed by atoms with van der Waals surface area (Å²) in [5, 5.41) is 15.9. The molecule has 114 valence electrons. The number of anilines is 2. The number of benzene rings is 2. The van der Waals surface area contributed by atoms with Gasteiger partial charge < -0.3 is 15.4 Å². The highest BCUT2D eigenvalue weighted by molar-refractivity contribution is 7.80. The molecule has 0 unspecified atom stereocenters. The van der Waals surface area contributed by atoms with E-state index in [2.05, 4.69) is 23.3 Å². The molecule has 0 heterocycles. The number of non-ortho nitro benzene ring substituents is 1. The largest absolute Gasteiger partial charge is 0.494 e. The molecule has 2 amide bonds. The maximum atomic E-state index is 12.0. The van der Waals surface area contributed by atoms with Gasteiger partial charge in [-0.05, 0) is 18.2 Å². The van der Waals surface area contributed by atoms with E-state index in [9.17, 15) is 14.9 Å². The van der Waals surface area contributed by atoms with Crippen LogP contribution in [-0.4, -0.2) is 18.1 Å². The van der Waals surface area contributed by atoms with Crippen LogP contribution in [-0.2, 0) is 0 Å². The third-order valence-electron chi connectivity index (χ3n) is 2.80. The predicted octanol–water partition coefficient (Wildman–Crippen LogP) is 3.54. The maximum absolute atomic E-state index is 12.0. The predicted molar refractivity (Wildman–Crippen MR) is 86.0 cm³/mol. The third kappa shape index (κ3) is 3.67. The zero-order valence-corrected chi connectivity index (χ0v) is 12.5. The van der Waals surface area contributed by atoms with E-state index in [0.717, 1.165) is 0 Å². The summed E-state index contributed by atoms with van der Waals surface area (Å²) < 4.78 is 5.05. The van der Waals surface area contributed by atoms with Crippen LogP contribution in [0.3, 0.4) is 0 Å². The van der Waals surface area contributed by atoms with Crippen LogP contribution in [0.25, 0.3) is 0 Å². The first-order valence-corrected chi connectivity index (χ1v) is 6.64. The summed E-state index contributed by atoms with van der Waals surface area (Å²) in [6, 6.07) is 10.4. The van der Waals surface area contributed by atoms with E-state index in [0.29, 0.717) is 16.3 Å². The van der Waals surface area contributed by atoms with Crippen molar-refractivity contribution in [2.45, 2.75) is 4.90 Å². The zero-order valence-electron chi connectivity index (χ0n) is 11.6. The number of thiol groups is 1. The number of para-hydroxylation sites is 1. The lowest BCUT2D eigenvalue weighted by molar-refractivity contribution is -0.384.